The molecular formula is C31H52N4O5. The van der Waals surface area contributed by atoms with Crippen molar-refractivity contribution in [3.8, 4) is 0 Å². The van der Waals surface area contributed by atoms with Gasteiger partial charge in [-0.3, -0.25) is 14.4 Å². The summed E-state index contributed by atoms with van der Waals surface area (Å²) in [7, 11) is 0. The summed E-state index contributed by atoms with van der Waals surface area (Å²) in [6, 6.07) is 3.11. The molecule has 4 N–H and O–H groups in total. The number of hydrogen-bond acceptors (Lipinski definition) is 5. The van der Waals surface area contributed by atoms with Crippen LogP contribution >= 0.6 is 0 Å². The molecular weight excluding hydrogens is 508 g/mol. The number of nitrogens with two attached hydrogens (primary N) is 1. The molecule has 0 saturated heterocycles. The van der Waals surface area contributed by atoms with E-state index in [-0.39, 0.29) is 11.9 Å². The molecule has 9 heteroatoms. The Bertz CT molecular complexity index is 982. The average molecular weight is 561 g/mol. The molecule has 0 saturated carbocycles. The molecule has 226 valence electrons. The van der Waals surface area contributed by atoms with Gasteiger partial charge >= 0.3 is 6.09 Å². The van der Waals surface area contributed by atoms with Crippen LogP contribution in [0.15, 0.2) is 18.2 Å². The van der Waals surface area contributed by atoms with Crippen molar-refractivity contribution in [2.45, 2.75) is 125 Å². The fourth-order valence-corrected chi connectivity index (χ4v) is 4.68. The van der Waals surface area contributed by atoms with Crippen LogP contribution in [-0.4, -0.2) is 52.9 Å². The lowest BCUT2D eigenvalue weighted by atomic mass is 9.91. The van der Waals surface area contributed by atoms with E-state index in [9.17, 15) is 19.2 Å². The molecule has 0 radical (unpaired) electrons. The second-order valence-electron chi connectivity index (χ2n) is 12.1. The van der Waals surface area contributed by atoms with E-state index in [1.165, 1.54) is 4.90 Å². The number of benzene rings is 1. The van der Waals surface area contributed by atoms with E-state index >= 15 is 0 Å². The zero-order valence-corrected chi connectivity index (χ0v) is 26.1. The Kier molecular flexibility index (Phi) is 14.2. The largest absolute Gasteiger partial charge is 0.444 e. The Labute approximate surface area is 241 Å². The first-order valence-corrected chi connectivity index (χ1v) is 14.5. The summed E-state index contributed by atoms with van der Waals surface area (Å²) in [5, 5.41) is 5.60. The molecule has 0 heterocycles. The van der Waals surface area contributed by atoms with Gasteiger partial charge in [0.25, 0.3) is 0 Å². The Morgan fingerprint density at radius 2 is 1.60 bits per heavy atom. The number of carbonyl (C=O) groups excluding carboxylic acids is 4. The molecule has 0 fully saturated rings. The summed E-state index contributed by atoms with van der Waals surface area (Å²) >= 11 is 0. The van der Waals surface area contributed by atoms with Crippen molar-refractivity contribution >= 4 is 23.8 Å². The minimum atomic E-state index is -1.30. The summed E-state index contributed by atoms with van der Waals surface area (Å²) in [6.45, 7) is 17.6. The number of rotatable bonds is 15. The number of aryl methyl sites for hydroxylation is 2. The van der Waals surface area contributed by atoms with Gasteiger partial charge in [0.05, 0.1) is 6.42 Å². The standard InChI is InChI=1S/C31H52N4O5/c1-10-11-12-18-33-28(37)27(26-21(4)14-13-15-22(26)5)35(23(6)17-16-20(2)3)29(38)24(19-25(32)36)34-30(39)40-31(7,8)9/h13-15,20,23-24,27H,10-12,16-19H2,1-9H3,(H2,32,36)(H,33,37)(H,34,39). The second kappa shape index (κ2) is 16.2. The predicted molar refractivity (Wildman–Crippen MR) is 159 cm³/mol. The molecule has 0 bridgehead atoms. The van der Waals surface area contributed by atoms with Crippen LogP contribution in [0.5, 0.6) is 0 Å². The smallest absolute Gasteiger partial charge is 0.408 e. The van der Waals surface area contributed by atoms with E-state index in [1.54, 1.807) is 20.8 Å². The zero-order chi connectivity index (χ0) is 30.6. The lowest BCUT2D eigenvalue weighted by Crippen LogP contribution is -2.56. The van der Waals surface area contributed by atoms with Gasteiger partial charge in [-0.25, -0.2) is 4.79 Å². The highest BCUT2D eigenvalue weighted by atomic mass is 16.6. The maximum Gasteiger partial charge on any atom is 0.408 e. The summed E-state index contributed by atoms with van der Waals surface area (Å²) in [4.78, 5) is 54.6. The first-order valence-electron chi connectivity index (χ1n) is 14.5. The number of ether oxygens (including phenoxy) is 1. The van der Waals surface area contributed by atoms with Crippen molar-refractivity contribution in [2.75, 3.05) is 6.54 Å². The molecule has 0 spiro atoms. The Hall–Kier alpha value is -3.10. The molecule has 1 aromatic carbocycles. The number of unbranched alkanes of at least 4 members (excludes halogenated alkanes) is 2. The molecule has 1 aromatic rings. The summed E-state index contributed by atoms with van der Waals surface area (Å²) in [6.07, 6.45) is 2.99. The first kappa shape index (κ1) is 34.9. The highest BCUT2D eigenvalue weighted by Crippen LogP contribution is 2.32. The molecule has 1 rings (SSSR count). The van der Waals surface area contributed by atoms with Crippen molar-refractivity contribution in [2.24, 2.45) is 11.7 Å². The summed E-state index contributed by atoms with van der Waals surface area (Å²) in [5.41, 5.74) is 7.18. The van der Waals surface area contributed by atoms with Crippen LogP contribution in [0.1, 0.15) is 110 Å². The lowest BCUT2D eigenvalue weighted by Gasteiger charge is -2.39. The van der Waals surface area contributed by atoms with E-state index in [2.05, 4.69) is 31.4 Å². The van der Waals surface area contributed by atoms with Gasteiger partial charge in [-0.2, -0.15) is 0 Å². The molecule has 3 atom stereocenters. The Morgan fingerprint density at radius 3 is 2.10 bits per heavy atom. The van der Waals surface area contributed by atoms with Crippen LogP contribution in [0.3, 0.4) is 0 Å². The van der Waals surface area contributed by atoms with Crippen LogP contribution in [-0.2, 0) is 19.1 Å². The quantitative estimate of drug-likeness (QED) is 0.258. The van der Waals surface area contributed by atoms with Crippen molar-refractivity contribution < 1.29 is 23.9 Å². The molecule has 3 unspecified atom stereocenters. The molecule has 0 aliphatic rings. The minimum Gasteiger partial charge on any atom is -0.444 e. The highest BCUT2D eigenvalue weighted by molar-refractivity contribution is 5.95. The Morgan fingerprint density at radius 1 is 1.00 bits per heavy atom. The van der Waals surface area contributed by atoms with E-state index in [0.717, 1.165) is 42.4 Å². The van der Waals surface area contributed by atoms with Crippen molar-refractivity contribution in [1.29, 1.82) is 0 Å². The summed E-state index contributed by atoms with van der Waals surface area (Å²) in [5.74, 6) is -1.23. The molecule has 40 heavy (non-hydrogen) atoms. The minimum absolute atomic E-state index is 0.298. The fraction of sp³-hybridized carbons (Fsp3) is 0.677. The highest BCUT2D eigenvalue weighted by Gasteiger charge is 2.40. The zero-order valence-electron chi connectivity index (χ0n) is 26.1. The van der Waals surface area contributed by atoms with Crippen LogP contribution < -0.4 is 16.4 Å². The van der Waals surface area contributed by atoms with Gasteiger partial charge in [-0.1, -0.05) is 51.8 Å². The van der Waals surface area contributed by atoms with Crippen LogP contribution in [0.4, 0.5) is 4.79 Å². The number of alkyl carbamates (subject to hydrolysis) is 1. The molecule has 0 aliphatic carbocycles. The monoisotopic (exact) mass is 560 g/mol. The number of primary amides is 1. The van der Waals surface area contributed by atoms with Crippen LogP contribution in [0.25, 0.3) is 0 Å². The Balaban J connectivity index is 3.68. The van der Waals surface area contributed by atoms with Gasteiger partial charge in [0.2, 0.25) is 17.7 Å². The topological polar surface area (TPSA) is 131 Å². The van der Waals surface area contributed by atoms with E-state index in [0.29, 0.717) is 18.9 Å². The van der Waals surface area contributed by atoms with Gasteiger partial charge < -0.3 is 26.0 Å². The van der Waals surface area contributed by atoms with Crippen LogP contribution in [0.2, 0.25) is 0 Å². The number of hydrogen-bond donors (Lipinski definition) is 3. The molecule has 4 amide bonds. The van der Waals surface area contributed by atoms with E-state index in [4.69, 9.17) is 10.5 Å². The number of carbonyl (C=O) groups is 4. The number of nitrogens with zero attached hydrogens (tertiary/aromatic N) is 1. The third-order valence-electron chi connectivity index (χ3n) is 6.71. The fourth-order valence-electron chi connectivity index (χ4n) is 4.68. The molecule has 0 aromatic heterocycles. The van der Waals surface area contributed by atoms with E-state index in [1.807, 2.05) is 39.0 Å². The maximum absolute atomic E-state index is 14.4. The molecule has 0 aliphatic heterocycles. The van der Waals surface area contributed by atoms with Crippen molar-refractivity contribution in [3.05, 3.63) is 34.9 Å². The van der Waals surface area contributed by atoms with Gasteiger partial charge in [0.1, 0.15) is 17.7 Å². The van der Waals surface area contributed by atoms with Gasteiger partial charge in [-0.05, 0) is 83.4 Å². The predicted octanol–water partition coefficient (Wildman–Crippen LogP) is 5.07. The van der Waals surface area contributed by atoms with E-state index < -0.39 is 42.0 Å². The van der Waals surface area contributed by atoms with Crippen molar-refractivity contribution in [1.82, 2.24) is 15.5 Å². The van der Waals surface area contributed by atoms with Gasteiger partial charge in [0, 0.05) is 12.6 Å². The van der Waals surface area contributed by atoms with Gasteiger partial charge in [0.15, 0.2) is 0 Å². The number of nitrogens with one attached hydrogen (secondary N) is 2. The average Bonchev–Trinajstić information content (AvgIpc) is 2.82. The van der Waals surface area contributed by atoms with Gasteiger partial charge in [-0.15, -0.1) is 0 Å². The van der Waals surface area contributed by atoms with Crippen LogP contribution in [0, 0.1) is 19.8 Å². The summed E-state index contributed by atoms with van der Waals surface area (Å²) < 4.78 is 5.37. The third kappa shape index (κ3) is 11.6. The normalized spacial score (nSPS) is 13.8. The second-order valence-corrected chi connectivity index (χ2v) is 12.1. The SMILES string of the molecule is CCCCCNC(=O)C(c1c(C)cccc1C)N(C(=O)C(CC(N)=O)NC(=O)OC(C)(C)C)C(C)CCC(C)C. The first-order chi connectivity index (χ1) is 18.6. The number of amides is 4. The van der Waals surface area contributed by atoms with Crippen molar-refractivity contribution in [3.63, 3.8) is 0 Å². The third-order valence-corrected chi connectivity index (χ3v) is 6.71. The molecule has 9 nitrogen and oxygen atoms in total. The maximum atomic E-state index is 14.4. The lowest BCUT2D eigenvalue weighted by molar-refractivity contribution is -0.146.